The quantitative estimate of drug-likeness (QED) is 0.809. The van der Waals surface area contributed by atoms with Crippen LogP contribution < -0.4 is 10.1 Å². The predicted molar refractivity (Wildman–Crippen MR) is 104 cm³/mol. The van der Waals surface area contributed by atoms with Crippen molar-refractivity contribution in [2.75, 3.05) is 7.11 Å². The summed E-state index contributed by atoms with van der Waals surface area (Å²) in [6.45, 7) is 12.4. The summed E-state index contributed by atoms with van der Waals surface area (Å²) in [5.41, 5.74) is 6.30. The molecule has 0 aliphatic heterocycles. The highest BCUT2D eigenvalue weighted by Gasteiger charge is 2.18. The number of benzene rings is 2. The number of hydrogen-bond acceptors (Lipinski definition) is 2. The van der Waals surface area contributed by atoms with E-state index in [0.717, 1.165) is 39.1 Å². The van der Waals surface area contributed by atoms with Crippen LogP contribution in [-0.4, -0.2) is 13.0 Å². The molecule has 1 N–H and O–H groups in total. The molecule has 0 bridgehead atoms. The molecule has 25 heavy (non-hydrogen) atoms. The Morgan fingerprint density at radius 3 is 2.20 bits per heavy atom. The van der Waals surface area contributed by atoms with Crippen LogP contribution in [0, 0.1) is 20.8 Å². The lowest BCUT2D eigenvalue weighted by molar-refractivity contribution is 0.0939. The van der Waals surface area contributed by atoms with Crippen LogP contribution in [0.2, 0.25) is 0 Å². The minimum Gasteiger partial charge on any atom is -0.496 e. The van der Waals surface area contributed by atoms with E-state index >= 15 is 0 Å². The van der Waals surface area contributed by atoms with Crippen molar-refractivity contribution in [2.24, 2.45) is 0 Å². The van der Waals surface area contributed by atoms with Crippen molar-refractivity contribution in [3.63, 3.8) is 0 Å². The fraction of sp³-hybridized carbons (Fsp3) is 0.409. The summed E-state index contributed by atoms with van der Waals surface area (Å²) in [4.78, 5) is 12.7. The Labute approximate surface area is 151 Å². The molecule has 0 spiro atoms. The van der Waals surface area contributed by atoms with Crippen molar-refractivity contribution in [1.29, 1.82) is 0 Å². The molecule has 0 fully saturated rings. The highest BCUT2D eigenvalue weighted by Crippen LogP contribution is 2.32. The molecule has 0 radical (unpaired) electrons. The lowest BCUT2D eigenvalue weighted by Crippen LogP contribution is -2.28. The molecule has 1 atom stereocenters. The normalized spacial score (nSPS) is 12.2. The Kier molecular flexibility index (Phi) is 5.89. The van der Waals surface area contributed by atoms with Crippen LogP contribution in [0.3, 0.4) is 0 Å². The van der Waals surface area contributed by atoms with Gasteiger partial charge in [-0.15, -0.1) is 0 Å². The number of methoxy groups -OCH3 is 1. The van der Waals surface area contributed by atoms with E-state index in [1.165, 1.54) is 0 Å². The van der Waals surface area contributed by atoms with Gasteiger partial charge in [0.25, 0.3) is 5.91 Å². The molecule has 1 amide bonds. The summed E-state index contributed by atoms with van der Waals surface area (Å²) in [5, 5.41) is 3.14. The number of carbonyl (C=O) groups excluding carboxylic acids is 1. The summed E-state index contributed by atoms with van der Waals surface area (Å²) in [6.07, 6.45) is 0. The molecule has 2 rings (SSSR count). The summed E-state index contributed by atoms with van der Waals surface area (Å²) in [5.74, 6) is 1.23. The maximum absolute atomic E-state index is 12.7. The van der Waals surface area contributed by atoms with Gasteiger partial charge in [0.05, 0.1) is 13.2 Å². The van der Waals surface area contributed by atoms with Gasteiger partial charge in [0, 0.05) is 5.56 Å². The van der Waals surface area contributed by atoms with Crippen LogP contribution in [-0.2, 0) is 0 Å². The van der Waals surface area contributed by atoms with Crippen LogP contribution in [0.5, 0.6) is 5.75 Å². The summed E-state index contributed by atoms with van der Waals surface area (Å²) >= 11 is 0. The molecule has 134 valence electrons. The number of rotatable bonds is 5. The summed E-state index contributed by atoms with van der Waals surface area (Å²) < 4.78 is 5.51. The Morgan fingerprint density at radius 2 is 1.64 bits per heavy atom. The Morgan fingerprint density at radius 1 is 0.960 bits per heavy atom. The number of aryl methyl sites for hydroxylation is 3. The van der Waals surface area contributed by atoms with E-state index in [9.17, 15) is 4.79 Å². The van der Waals surface area contributed by atoms with Crippen LogP contribution >= 0.6 is 0 Å². The molecule has 0 unspecified atom stereocenters. The molecule has 2 aromatic carbocycles. The second kappa shape index (κ2) is 7.73. The molecule has 2 aromatic rings. The van der Waals surface area contributed by atoms with Gasteiger partial charge in [-0.1, -0.05) is 31.5 Å². The fourth-order valence-corrected chi connectivity index (χ4v) is 3.23. The van der Waals surface area contributed by atoms with E-state index in [1.54, 1.807) is 7.11 Å². The largest absolute Gasteiger partial charge is 0.496 e. The van der Waals surface area contributed by atoms with Crippen molar-refractivity contribution >= 4 is 5.91 Å². The van der Waals surface area contributed by atoms with Crippen LogP contribution in [0.25, 0.3) is 0 Å². The molecular weight excluding hydrogens is 310 g/mol. The molecular formula is C22H29NO2. The second-order valence-corrected chi connectivity index (χ2v) is 7.12. The number of ether oxygens (including phenoxy) is 1. The summed E-state index contributed by atoms with van der Waals surface area (Å²) in [6, 6.07) is 10.1. The number of amides is 1. The van der Waals surface area contributed by atoms with Crippen LogP contribution in [0.15, 0.2) is 30.3 Å². The zero-order valence-electron chi connectivity index (χ0n) is 16.4. The average molecular weight is 339 g/mol. The average Bonchev–Trinajstić information content (AvgIpc) is 2.53. The van der Waals surface area contributed by atoms with E-state index < -0.39 is 0 Å². The maximum atomic E-state index is 12.7. The number of carbonyl (C=O) groups is 1. The maximum Gasteiger partial charge on any atom is 0.252 e. The third kappa shape index (κ3) is 4.22. The van der Waals surface area contributed by atoms with Gasteiger partial charge in [-0.2, -0.15) is 0 Å². The van der Waals surface area contributed by atoms with Gasteiger partial charge >= 0.3 is 0 Å². The SMILES string of the molecule is COc1cc(C)c([C@@H](C)NC(=O)c2ccc(C)cc2C)cc1C(C)C. The molecule has 3 nitrogen and oxygen atoms in total. The zero-order chi connectivity index (χ0) is 18.7. The molecule has 0 saturated heterocycles. The Bertz CT molecular complexity index is 778. The zero-order valence-corrected chi connectivity index (χ0v) is 16.4. The van der Waals surface area contributed by atoms with E-state index in [4.69, 9.17) is 4.74 Å². The van der Waals surface area contributed by atoms with Crippen LogP contribution in [0.1, 0.15) is 70.9 Å². The smallest absolute Gasteiger partial charge is 0.252 e. The fourth-order valence-electron chi connectivity index (χ4n) is 3.23. The lowest BCUT2D eigenvalue weighted by Gasteiger charge is -2.21. The predicted octanol–water partition coefficient (Wildman–Crippen LogP) is 5.23. The van der Waals surface area contributed by atoms with E-state index in [-0.39, 0.29) is 11.9 Å². The Hall–Kier alpha value is -2.29. The third-order valence-electron chi connectivity index (χ3n) is 4.68. The highest BCUT2D eigenvalue weighted by atomic mass is 16.5. The van der Waals surface area contributed by atoms with Gasteiger partial charge in [0.1, 0.15) is 5.75 Å². The molecule has 3 heteroatoms. The first kappa shape index (κ1) is 19.0. The molecule has 0 saturated carbocycles. The highest BCUT2D eigenvalue weighted by molar-refractivity contribution is 5.95. The van der Waals surface area contributed by atoms with Crippen molar-refractivity contribution in [3.8, 4) is 5.75 Å². The van der Waals surface area contributed by atoms with Crippen molar-refractivity contribution in [3.05, 3.63) is 63.7 Å². The van der Waals surface area contributed by atoms with Gasteiger partial charge < -0.3 is 10.1 Å². The third-order valence-corrected chi connectivity index (χ3v) is 4.68. The Balaban J connectivity index is 2.29. The van der Waals surface area contributed by atoms with Gasteiger partial charge in [-0.05, 0) is 74.1 Å². The van der Waals surface area contributed by atoms with E-state index in [2.05, 4.69) is 38.2 Å². The first-order valence-corrected chi connectivity index (χ1v) is 8.81. The first-order valence-electron chi connectivity index (χ1n) is 8.81. The van der Waals surface area contributed by atoms with Crippen molar-refractivity contribution in [2.45, 2.75) is 53.5 Å². The standard InChI is InChI=1S/C22H29NO2/c1-13(2)19-12-20(16(5)11-21(19)25-7)17(6)23-22(24)18-9-8-14(3)10-15(18)4/h8-13,17H,1-7H3,(H,23,24)/t17-/m1/s1. The molecule has 0 aliphatic rings. The summed E-state index contributed by atoms with van der Waals surface area (Å²) in [7, 11) is 1.70. The monoisotopic (exact) mass is 339 g/mol. The van der Waals surface area contributed by atoms with E-state index in [0.29, 0.717) is 5.92 Å². The second-order valence-electron chi connectivity index (χ2n) is 7.12. The van der Waals surface area contributed by atoms with Gasteiger partial charge in [0.2, 0.25) is 0 Å². The van der Waals surface area contributed by atoms with Gasteiger partial charge in [-0.3, -0.25) is 4.79 Å². The van der Waals surface area contributed by atoms with Crippen LogP contribution in [0.4, 0.5) is 0 Å². The molecule has 0 aromatic heterocycles. The molecule has 0 aliphatic carbocycles. The molecule has 0 heterocycles. The van der Waals surface area contributed by atoms with Crippen molar-refractivity contribution in [1.82, 2.24) is 5.32 Å². The van der Waals surface area contributed by atoms with Gasteiger partial charge in [0.15, 0.2) is 0 Å². The lowest BCUT2D eigenvalue weighted by atomic mass is 9.93. The number of hydrogen-bond donors (Lipinski definition) is 1. The number of nitrogens with one attached hydrogen (secondary N) is 1. The first-order chi connectivity index (χ1) is 11.7. The minimum atomic E-state index is -0.0726. The topological polar surface area (TPSA) is 38.3 Å². The minimum absolute atomic E-state index is 0.0358. The van der Waals surface area contributed by atoms with Gasteiger partial charge in [-0.25, -0.2) is 0 Å². The van der Waals surface area contributed by atoms with E-state index in [1.807, 2.05) is 39.0 Å². The van der Waals surface area contributed by atoms with Crippen molar-refractivity contribution < 1.29 is 9.53 Å².